The number of hydrogen-bond donors (Lipinski definition) is 6. The molecule has 6 aromatic carbocycles. The summed E-state index contributed by atoms with van der Waals surface area (Å²) in [6.45, 7) is 8.79. The number of esters is 1. The highest BCUT2D eigenvalue weighted by Crippen LogP contribution is 2.44. The maximum Gasteiger partial charge on any atom is 0.407 e. The first-order valence-corrected chi connectivity index (χ1v) is 28.0. The third-order valence-corrected chi connectivity index (χ3v) is 14.9. The van der Waals surface area contributed by atoms with Gasteiger partial charge < -0.3 is 41.4 Å². The molecule has 0 fully saturated rings. The Balaban J connectivity index is 1.10. The van der Waals surface area contributed by atoms with Crippen molar-refractivity contribution in [3.05, 3.63) is 203 Å². The first-order chi connectivity index (χ1) is 39.5. The average Bonchev–Trinajstić information content (AvgIpc) is 2.69. The van der Waals surface area contributed by atoms with Crippen molar-refractivity contribution in [3.8, 4) is 11.1 Å². The molecule has 0 unspecified atom stereocenters. The highest BCUT2D eigenvalue weighted by Gasteiger charge is 2.40. The fourth-order valence-electron chi connectivity index (χ4n) is 10.4. The van der Waals surface area contributed by atoms with Gasteiger partial charge in [0.1, 0.15) is 36.3 Å². The van der Waals surface area contributed by atoms with Gasteiger partial charge in [0, 0.05) is 18.8 Å². The number of rotatable bonds is 27. The number of carbonyl (C=O) groups excluding carboxylic acids is 8. The van der Waals surface area contributed by atoms with Crippen LogP contribution >= 0.6 is 0 Å². The summed E-state index contributed by atoms with van der Waals surface area (Å²) in [7, 11) is 1.23. The maximum absolute atomic E-state index is 14.9. The standard InChI is InChI=1S/C66H74N6O10/c1-7-43(4)60(63(78)69-56(38-42(2)3)64(79)81-6)71-61(76)44(5)67-58(74)37-36-57(73)54(39-45-24-12-8-13-25-45)68-62(77)55(70-65(80)82-41-53-51-34-22-20-32-49(51)50-33-21-23-35-52(50)53)40-59(75)72-66(46-26-14-9-15-27-46,47-28-16-10-17-29-47)48-30-18-11-19-31-48/h8-35,42-44,53-56,60H,7,36-41H2,1-6H3,(H,67,74)(H,68,77)(H,69,78)(H,70,80)(H,71,76)(H,72,75)/t43-,44-,54-,55-,56-,60-/m0/s1. The molecule has 1 aliphatic carbocycles. The third-order valence-electron chi connectivity index (χ3n) is 14.9. The van der Waals surface area contributed by atoms with Gasteiger partial charge in [-0.25, -0.2) is 9.59 Å². The summed E-state index contributed by atoms with van der Waals surface area (Å²) in [6.07, 6.45) is -1.51. The van der Waals surface area contributed by atoms with Crippen LogP contribution in [0.15, 0.2) is 170 Å². The number of benzene rings is 6. The van der Waals surface area contributed by atoms with Crippen LogP contribution in [0.4, 0.5) is 4.79 Å². The largest absolute Gasteiger partial charge is 0.467 e. The predicted octanol–water partition coefficient (Wildman–Crippen LogP) is 8.21. The SMILES string of the molecule is CC[C@H](C)[C@H](NC(=O)[C@H](C)NC(=O)CCC(=O)[C@H](Cc1ccccc1)NC(=O)[C@H](CC(=O)NC(c1ccccc1)(c1ccccc1)c1ccccc1)NC(=O)OCC1c2ccccc2-c2ccccc21)C(=O)N[C@@H](CC(C)C)C(=O)OC. The summed E-state index contributed by atoms with van der Waals surface area (Å²) in [5.74, 6) is -5.15. The summed E-state index contributed by atoms with van der Waals surface area (Å²) in [5, 5.41) is 16.8. The molecule has 6 amide bonds. The van der Waals surface area contributed by atoms with Gasteiger partial charge in [0.25, 0.3) is 0 Å². The van der Waals surface area contributed by atoms with Crippen LogP contribution in [-0.2, 0) is 55.0 Å². The van der Waals surface area contributed by atoms with E-state index in [9.17, 15) is 38.4 Å². The number of alkyl carbamates (subject to hydrolysis) is 1. The van der Waals surface area contributed by atoms with Crippen molar-refractivity contribution in [1.82, 2.24) is 31.9 Å². The monoisotopic (exact) mass is 1110 g/mol. The van der Waals surface area contributed by atoms with Crippen LogP contribution in [0.1, 0.15) is 106 Å². The molecular weight excluding hydrogens is 1040 g/mol. The second-order valence-corrected chi connectivity index (χ2v) is 21.2. The zero-order valence-electron chi connectivity index (χ0n) is 47.3. The summed E-state index contributed by atoms with van der Waals surface area (Å²) in [6, 6.07) is 46.9. The molecule has 16 heteroatoms. The molecule has 6 aromatic rings. The highest BCUT2D eigenvalue weighted by molar-refractivity contribution is 5.97. The lowest BCUT2D eigenvalue weighted by atomic mass is 9.77. The van der Waals surface area contributed by atoms with E-state index in [4.69, 9.17) is 9.47 Å². The van der Waals surface area contributed by atoms with Crippen molar-refractivity contribution >= 4 is 47.4 Å². The Morgan fingerprint density at radius 3 is 1.54 bits per heavy atom. The van der Waals surface area contributed by atoms with E-state index in [-0.39, 0.29) is 43.6 Å². The fraction of sp³-hybridized carbons (Fsp3) is 0.333. The number of ether oxygens (including phenoxy) is 2. The molecule has 16 nitrogen and oxygen atoms in total. The van der Waals surface area contributed by atoms with E-state index in [1.54, 1.807) is 37.3 Å². The van der Waals surface area contributed by atoms with E-state index < -0.39 is 89.6 Å². The number of methoxy groups -OCH3 is 1. The van der Waals surface area contributed by atoms with Gasteiger partial charge in [0.05, 0.1) is 19.6 Å². The molecular formula is C66H74N6O10. The van der Waals surface area contributed by atoms with Gasteiger partial charge in [-0.05, 0) is 76.1 Å². The van der Waals surface area contributed by atoms with Crippen LogP contribution < -0.4 is 31.9 Å². The molecule has 82 heavy (non-hydrogen) atoms. The number of ketones is 1. The Hall–Kier alpha value is -8.92. The quantitative estimate of drug-likeness (QED) is 0.0214. The summed E-state index contributed by atoms with van der Waals surface area (Å²) >= 11 is 0. The molecule has 6 atom stereocenters. The van der Waals surface area contributed by atoms with Crippen molar-refractivity contribution < 1.29 is 47.8 Å². The number of carbonyl (C=O) groups is 8. The van der Waals surface area contributed by atoms with Crippen LogP contribution in [0.25, 0.3) is 11.1 Å². The third kappa shape index (κ3) is 15.5. The highest BCUT2D eigenvalue weighted by atomic mass is 16.5. The number of fused-ring (bicyclic) bond motifs is 3. The minimum absolute atomic E-state index is 0.0120. The summed E-state index contributed by atoms with van der Waals surface area (Å²) in [4.78, 5) is 112. The van der Waals surface area contributed by atoms with Crippen LogP contribution in [0, 0.1) is 11.8 Å². The van der Waals surface area contributed by atoms with Gasteiger partial charge in [-0.3, -0.25) is 28.8 Å². The van der Waals surface area contributed by atoms with Crippen molar-refractivity contribution in [1.29, 1.82) is 0 Å². The van der Waals surface area contributed by atoms with Crippen molar-refractivity contribution in [2.75, 3.05) is 13.7 Å². The summed E-state index contributed by atoms with van der Waals surface area (Å²) < 4.78 is 10.8. The van der Waals surface area contributed by atoms with Gasteiger partial charge in [0.15, 0.2) is 5.78 Å². The Kier molecular flexibility index (Phi) is 21.5. The molecule has 0 aromatic heterocycles. The second-order valence-electron chi connectivity index (χ2n) is 21.2. The zero-order chi connectivity index (χ0) is 58.8. The molecule has 1 aliphatic rings. The number of Topliss-reactive ketones (excluding diaryl/α,β-unsaturated/α-hetero) is 1. The number of amides is 6. The molecule has 0 heterocycles. The van der Waals surface area contributed by atoms with Gasteiger partial charge >= 0.3 is 12.1 Å². The van der Waals surface area contributed by atoms with Gasteiger partial charge in [-0.2, -0.15) is 0 Å². The Morgan fingerprint density at radius 1 is 0.524 bits per heavy atom. The molecule has 0 radical (unpaired) electrons. The minimum Gasteiger partial charge on any atom is -0.467 e. The summed E-state index contributed by atoms with van der Waals surface area (Å²) in [5.41, 5.74) is 5.57. The van der Waals surface area contributed by atoms with E-state index in [0.717, 1.165) is 38.9 Å². The number of nitrogens with one attached hydrogen (secondary N) is 6. The topological polar surface area (TPSA) is 227 Å². The van der Waals surface area contributed by atoms with E-state index in [0.29, 0.717) is 18.4 Å². The predicted molar refractivity (Wildman–Crippen MR) is 313 cm³/mol. The van der Waals surface area contributed by atoms with E-state index in [2.05, 4.69) is 31.9 Å². The maximum atomic E-state index is 14.9. The lowest BCUT2D eigenvalue weighted by Gasteiger charge is -2.37. The fourth-order valence-corrected chi connectivity index (χ4v) is 10.4. The first-order valence-electron chi connectivity index (χ1n) is 28.0. The lowest BCUT2D eigenvalue weighted by Crippen LogP contribution is -2.57. The molecule has 0 spiro atoms. The van der Waals surface area contributed by atoms with Gasteiger partial charge in [-0.15, -0.1) is 0 Å². The van der Waals surface area contributed by atoms with E-state index in [1.165, 1.54) is 14.0 Å². The average molecular weight is 1110 g/mol. The zero-order valence-corrected chi connectivity index (χ0v) is 47.3. The second kappa shape index (κ2) is 29.0. The minimum atomic E-state index is -1.59. The first kappa shape index (κ1) is 60.7. The Bertz CT molecular complexity index is 3020. The van der Waals surface area contributed by atoms with Crippen LogP contribution in [0.2, 0.25) is 0 Å². The normalized spacial score (nSPS) is 14.0. The molecule has 0 saturated heterocycles. The lowest BCUT2D eigenvalue weighted by molar-refractivity contribution is -0.146. The van der Waals surface area contributed by atoms with Crippen molar-refractivity contribution in [2.24, 2.45) is 11.8 Å². The molecule has 7 rings (SSSR count). The van der Waals surface area contributed by atoms with Crippen LogP contribution in [-0.4, -0.2) is 91.3 Å². The van der Waals surface area contributed by atoms with Gasteiger partial charge in [0.2, 0.25) is 29.5 Å². The molecule has 0 aliphatic heterocycles. The van der Waals surface area contributed by atoms with Crippen LogP contribution in [0.5, 0.6) is 0 Å². The molecule has 0 bridgehead atoms. The Morgan fingerprint density at radius 2 is 1.02 bits per heavy atom. The van der Waals surface area contributed by atoms with Gasteiger partial charge in [-0.1, -0.05) is 204 Å². The molecule has 6 N–H and O–H groups in total. The van der Waals surface area contributed by atoms with E-state index in [1.807, 2.05) is 160 Å². The molecule has 0 saturated carbocycles. The van der Waals surface area contributed by atoms with E-state index >= 15 is 0 Å². The number of hydrogen-bond acceptors (Lipinski definition) is 10. The molecule has 428 valence electrons. The Labute approximate surface area is 479 Å². The smallest absolute Gasteiger partial charge is 0.407 e. The van der Waals surface area contributed by atoms with Crippen molar-refractivity contribution in [2.45, 2.75) is 115 Å². The van der Waals surface area contributed by atoms with Crippen LogP contribution in [0.3, 0.4) is 0 Å². The van der Waals surface area contributed by atoms with Crippen molar-refractivity contribution in [3.63, 3.8) is 0 Å².